The number of carbonyl (C=O) groups is 1. The molecule has 0 radical (unpaired) electrons. The van der Waals surface area contributed by atoms with E-state index in [4.69, 9.17) is 4.74 Å². The number of rotatable bonds is 5. The van der Waals surface area contributed by atoms with Crippen LogP contribution in [-0.2, 0) is 11.3 Å². The standard InChI is InChI=1S/C31H35F2N5O3/c1-34-24-9-10-38(28(14-24)25-13-23(32)7-8-26(25)33)30(40)36-11-12-37(31(18-36)19-41-20-31)17-22-16-35-27(15-29(22)39)21-5-3-2-4-6-21/h2-8,13,15-16,24,28,34H,9-12,14,17-20H2,1H3,(H,35,39)/t24-,28+/m1/s1. The van der Waals surface area contributed by atoms with Gasteiger partial charge in [-0.05, 0) is 43.7 Å². The van der Waals surface area contributed by atoms with Gasteiger partial charge in [-0.25, -0.2) is 13.6 Å². The highest BCUT2D eigenvalue weighted by Gasteiger charge is 2.50. The zero-order valence-corrected chi connectivity index (χ0v) is 23.1. The highest BCUT2D eigenvalue weighted by molar-refractivity contribution is 5.75. The van der Waals surface area contributed by atoms with Crippen LogP contribution in [0.5, 0.6) is 0 Å². The summed E-state index contributed by atoms with van der Waals surface area (Å²) in [5.41, 5.74) is 2.14. The van der Waals surface area contributed by atoms with Crippen LogP contribution >= 0.6 is 0 Å². The van der Waals surface area contributed by atoms with Gasteiger partial charge < -0.3 is 24.8 Å². The predicted molar refractivity (Wildman–Crippen MR) is 151 cm³/mol. The Morgan fingerprint density at radius 2 is 1.90 bits per heavy atom. The second kappa shape index (κ2) is 11.3. The van der Waals surface area contributed by atoms with E-state index in [2.05, 4.69) is 15.2 Å². The molecule has 3 aliphatic heterocycles. The summed E-state index contributed by atoms with van der Waals surface area (Å²) < 4.78 is 34.6. The van der Waals surface area contributed by atoms with Gasteiger partial charge in [-0.2, -0.15) is 0 Å². The molecule has 2 N–H and O–H groups in total. The Labute approximate surface area is 237 Å². The van der Waals surface area contributed by atoms with E-state index in [0.29, 0.717) is 57.9 Å². The molecule has 3 saturated heterocycles. The summed E-state index contributed by atoms with van der Waals surface area (Å²) in [5, 5.41) is 3.24. The molecule has 3 fully saturated rings. The number of nitrogens with zero attached hydrogens (tertiary/aromatic N) is 3. The SMILES string of the molecule is CN[C@@H]1CCN(C(=O)N2CCN(Cc3c[nH]c(-c4ccccc4)cc3=O)C3(COC3)C2)[C@H](c2cc(F)ccc2F)C1. The van der Waals surface area contributed by atoms with E-state index in [-0.39, 0.29) is 23.1 Å². The highest BCUT2D eigenvalue weighted by Crippen LogP contribution is 2.36. The smallest absolute Gasteiger partial charge is 0.320 e. The van der Waals surface area contributed by atoms with E-state index in [0.717, 1.165) is 29.8 Å². The number of benzene rings is 2. The normalized spacial score (nSPS) is 22.5. The van der Waals surface area contributed by atoms with Crippen LogP contribution < -0.4 is 10.7 Å². The number of amides is 2. The number of pyridine rings is 1. The zero-order valence-electron chi connectivity index (χ0n) is 23.1. The molecule has 2 aromatic carbocycles. The van der Waals surface area contributed by atoms with Crippen molar-refractivity contribution in [2.75, 3.05) is 46.4 Å². The number of halogens is 2. The zero-order chi connectivity index (χ0) is 28.6. The Hall–Kier alpha value is -3.60. The van der Waals surface area contributed by atoms with Gasteiger partial charge in [0.2, 0.25) is 0 Å². The van der Waals surface area contributed by atoms with Crippen LogP contribution in [-0.4, -0.2) is 83.7 Å². The molecule has 1 aromatic heterocycles. The molecular weight excluding hydrogens is 528 g/mol. The van der Waals surface area contributed by atoms with Gasteiger partial charge in [0.05, 0.1) is 24.8 Å². The Bertz CT molecular complexity index is 1460. The first kappa shape index (κ1) is 27.6. The minimum absolute atomic E-state index is 0.0381. The first-order valence-corrected chi connectivity index (χ1v) is 14.1. The van der Waals surface area contributed by atoms with Gasteiger partial charge in [0.15, 0.2) is 5.43 Å². The number of aromatic nitrogens is 1. The van der Waals surface area contributed by atoms with E-state index in [1.165, 1.54) is 6.07 Å². The molecule has 0 bridgehead atoms. The van der Waals surface area contributed by atoms with Crippen molar-refractivity contribution >= 4 is 6.03 Å². The molecule has 3 aromatic rings. The van der Waals surface area contributed by atoms with Crippen molar-refractivity contribution in [1.82, 2.24) is 25.0 Å². The summed E-state index contributed by atoms with van der Waals surface area (Å²) in [6.07, 6.45) is 3.00. The average molecular weight is 564 g/mol. The lowest BCUT2D eigenvalue weighted by Crippen LogP contribution is -2.72. The maximum Gasteiger partial charge on any atom is 0.320 e. The first-order chi connectivity index (χ1) is 19.9. The maximum atomic E-state index is 14.9. The van der Waals surface area contributed by atoms with Crippen molar-refractivity contribution < 1.29 is 18.3 Å². The van der Waals surface area contributed by atoms with Crippen LogP contribution in [0, 0.1) is 11.6 Å². The quantitative estimate of drug-likeness (QED) is 0.495. The first-order valence-electron chi connectivity index (χ1n) is 14.1. The van der Waals surface area contributed by atoms with Crippen molar-refractivity contribution in [1.29, 1.82) is 0 Å². The summed E-state index contributed by atoms with van der Waals surface area (Å²) in [5.74, 6) is -1.03. The number of hydrogen-bond donors (Lipinski definition) is 2. The Kier molecular flexibility index (Phi) is 7.63. The predicted octanol–water partition coefficient (Wildman–Crippen LogP) is 3.75. The third kappa shape index (κ3) is 5.39. The van der Waals surface area contributed by atoms with E-state index in [1.54, 1.807) is 17.2 Å². The van der Waals surface area contributed by atoms with Gasteiger partial charge in [-0.1, -0.05) is 30.3 Å². The molecule has 0 unspecified atom stereocenters. The lowest BCUT2D eigenvalue weighted by atomic mass is 9.90. The fraction of sp³-hybridized carbons (Fsp3) is 0.419. The van der Waals surface area contributed by atoms with Crippen molar-refractivity contribution in [3.63, 3.8) is 0 Å². The summed E-state index contributed by atoms with van der Waals surface area (Å²) >= 11 is 0. The molecule has 216 valence electrons. The number of likely N-dealkylation sites (tertiary alicyclic amines) is 1. The van der Waals surface area contributed by atoms with Crippen molar-refractivity contribution in [2.45, 2.75) is 37.0 Å². The van der Waals surface area contributed by atoms with E-state index < -0.39 is 23.2 Å². The van der Waals surface area contributed by atoms with Gasteiger partial charge in [-0.3, -0.25) is 9.69 Å². The van der Waals surface area contributed by atoms with Crippen molar-refractivity contribution in [3.05, 3.63) is 93.8 Å². The number of urea groups is 1. The molecule has 2 amide bonds. The molecule has 6 rings (SSSR count). The van der Waals surface area contributed by atoms with E-state index in [1.807, 2.05) is 42.3 Å². The summed E-state index contributed by atoms with van der Waals surface area (Å²) in [6, 6.07) is 14.1. The Balaban J connectivity index is 1.19. The monoisotopic (exact) mass is 563 g/mol. The number of ether oxygens (including phenoxy) is 1. The van der Waals surface area contributed by atoms with Crippen LogP contribution in [0.25, 0.3) is 11.3 Å². The van der Waals surface area contributed by atoms with Crippen molar-refractivity contribution in [2.24, 2.45) is 0 Å². The number of hydrogen-bond acceptors (Lipinski definition) is 5. The number of piperidine rings is 1. The third-order valence-electron chi connectivity index (χ3n) is 8.82. The van der Waals surface area contributed by atoms with Crippen molar-refractivity contribution in [3.8, 4) is 11.3 Å². The fourth-order valence-electron chi connectivity index (χ4n) is 6.35. The summed E-state index contributed by atoms with van der Waals surface area (Å²) in [7, 11) is 1.85. The minimum atomic E-state index is -0.572. The summed E-state index contributed by atoms with van der Waals surface area (Å²) in [6.45, 7) is 3.28. The lowest BCUT2D eigenvalue weighted by molar-refractivity contribution is -0.168. The number of aromatic amines is 1. The van der Waals surface area contributed by atoms with Gasteiger partial charge >= 0.3 is 6.03 Å². The molecule has 4 heterocycles. The second-order valence-corrected chi connectivity index (χ2v) is 11.3. The van der Waals surface area contributed by atoms with Crippen LogP contribution in [0.4, 0.5) is 13.6 Å². The number of carbonyl (C=O) groups excluding carboxylic acids is 1. The Morgan fingerprint density at radius 3 is 2.61 bits per heavy atom. The van der Waals surface area contributed by atoms with Gasteiger partial charge in [0.25, 0.3) is 0 Å². The van der Waals surface area contributed by atoms with Crippen LogP contribution in [0.2, 0.25) is 0 Å². The minimum Gasteiger partial charge on any atom is -0.377 e. The number of H-pyrrole nitrogens is 1. The van der Waals surface area contributed by atoms with Gasteiger partial charge in [0.1, 0.15) is 11.6 Å². The lowest BCUT2D eigenvalue weighted by Gasteiger charge is -2.56. The van der Waals surface area contributed by atoms with Crippen LogP contribution in [0.15, 0.2) is 65.6 Å². The molecule has 3 aliphatic rings. The molecule has 0 saturated carbocycles. The Morgan fingerprint density at radius 1 is 1.10 bits per heavy atom. The number of piperazine rings is 1. The second-order valence-electron chi connectivity index (χ2n) is 11.3. The average Bonchev–Trinajstić information content (AvgIpc) is 2.98. The molecule has 41 heavy (non-hydrogen) atoms. The number of nitrogens with one attached hydrogen (secondary N) is 2. The molecule has 2 atom stereocenters. The molecule has 1 spiro atoms. The van der Waals surface area contributed by atoms with Crippen LogP contribution in [0.3, 0.4) is 0 Å². The molecule has 0 aliphatic carbocycles. The van der Waals surface area contributed by atoms with E-state index in [9.17, 15) is 18.4 Å². The topological polar surface area (TPSA) is 80.9 Å². The van der Waals surface area contributed by atoms with Crippen LogP contribution in [0.1, 0.15) is 30.0 Å². The largest absolute Gasteiger partial charge is 0.377 e. The third-order valence-corrected chi connectivity index (χ3v) is 8.82. The molecular formula is C31H35F2N5O3. The van der Waals surface area contributed by atoms with Gasteiger partial charge in [0, 0.05) is 67.8 Å². The molecule has 8 nitrogen and oxygen atoms in total. The fourth-order valence-corrected chi connectivity index (χ4v) is 6.35. The van der Waals surface area contributed by atoms with E-state index >= 15 is 0 Å². The maximum absolute atomic E-state index is 14.9. The summed E-state index contributed by atoms with van der Waals surface area (Å²) in [4.78, 5) is 36.0. The molecule has 10 heteroatoms. The highest BCUT2D eigenvalue weighted by atomic mass is 19.1. The van der Waals surface area contributed by atoms with Gasteiger partial charge in [-0.15, -0.1) is 0 Å².